The second kappa shape index (κ2) is 6.96. The van der Waals surface area contributed by atoms with Gasteiger partial charge in [-0.1, -0.05) is 18.2 Å². The van der Waals surface area contributed by atoms with E-state index in [1.54, 1.807) is 0 Å². The lowest BCUT2D eigenvalue weighted by Gasteiger charge is -2.41. The van der Waals surface area contributed by atoms with Crippen LogP contribution >= 0.6 is 0 Å². The molecule has 1 atom stereocenters. The minimum absolute atomic E-state index is 0.512. The molecule has 0 amide bonds. The molecule has 5 nitrogen and oxygen atoms in total. The predicted molar refractivity (Wildman–Crippen MR) is 94.9 cm³/mol. The molecule has 23 heavy (non-hydrogen) atoms. The molecular formula is C18H25N5. The molecule has 2 heterocycles. The van der Waals surface area contributed by atoms with Crippen LogP contribution in [0.25, 0.3) is 0 Å². The average Bonchev–Trinajstić information content (AvgIpc) is 2.58. The summed E-state index contributed by atoms with van der Waals surface area (Å²) < 4.78 is 0. The molecule has 0 radical (unpaired) electrons. The highest BCUT2D eigenvalue weighted by atomic mass is 15.3. The molecule has 0 unspecified atom stereocenters. The highest BCUT2D eigenvalue weighted by Gasteiger charge is 2.23. The number of benzene rings is 1. The van der Waals surface area contributed by atoms with Crippen LogP contribution in [0.2, 0.25) is 0 Å². The summed E-state index contributed by atoms with van der Waals surface area (Å²) in [5, 5.41) is 0. The Hall–Kier alpha value is -2.14. The zero-order valence-electron chi connectivity index (χ0n) is 14.2. The number of piperazine rings is 1. The lowest BCUT2D eigenvalue weighted by molar-refractivity contribution is 0.180. The van der Waals surface area contributed by atoms with E-state index in [0.29, 0.717) is 6.04 Å². The van der Waals surface area contributed by atoms with Gasteiger partial charge in [0.1, 0.15) is 0 Å². The summed E-state index contributed by atoms with van der Waals surface area (Å²) in [4.78, 5) is 15.7. The first-order chi connectivity index (χ1) is 11.1. The van der Waals surface area contributed by atoms with E-state index in [2.05, 4.69) is 57.0 Å². The molecule has 1 aliphatic heterocycles. The van der Waals surface area contributed by atoms with Crippen LogP contribution in [0, 0.1) is 0 Å². The Morgan fingerprint density at radius 3 is 2.39 bits per heavy atom. The molecular weight excluding hydrogens is 286 g/mol. The number of nitrogens with zero attached hydrogens (tertiary/aromatic N) is 5. The van der Waals surface area contributed by atoms with Crippen molar-refractivity contribution in [3.63, 3.8) is 0 Å². The fourth-order valence-corrected chi connectivity index (χ4v) is 3.00. The highest BCUT2D eigenvalue weighted by molar-refractivity contribution is 5.46. The van der Waals surface area contributed by atoms with Crippen LogP contribution in [0.1, 0.15) is 12.5 Å². The molecule has 1 aliphatic rings. The van der Waals surface area contributed by atoms with Crippen LogP contribution in [0.5, 0.6) is 0 Å². The van der Waals surface area contributed by atoms with Gasteiger partial charge in [-0.3, -0.25) is 4.90 Å². The zero-order chi connectivity index (χ0) is 16.2. The van der Waals surface area contributed by atoms with Gasteiger partial charge in [0, 0.05) is 70.0 Å². The third-order valence-electron chi connectivity index (χ3n) is 4.36. The van der Waals surface area contributed by atoms with Crippen LogP contribution < -0.4 is 9.80 Å². The van der Waals surface area contributed by atoms with Gasteiger partial charge in [-0.2, -0.15) is 0 Å². The third kappa shape index (κ3) is 3.79. The van der Waals surface area contributed by atoms with Gasteiger partial charge in [-0.25, -0.2) is 9.97 Å². The maximum atomic E-state index is 4.41. The summed E-state index contributed by atoms with van der Waals surface area (Å²) in [5.74, 6) is 0.760. The van der Waals surface area contributed by atoms with E-state index < -0.39 is 0 Å². The fraction of sp³-hybridized carbons (Fsp3) is 0.444. The lowest BCUT2D eigenvalue weighted by Crippen LogP contribution is -2.51. The first-order valence-corrected chi connectivity index (χ1v) is 8.16. The molecule has 3 rings (SSSR count). The summed E-state index contributed by atoms with van der Waals surface area (Å²) in [6, 6.07) is 11.2. The van der Waals surface area contributed by atoms with Crippen molar-refractivity contribution in [2.75, 3.05) is 43.5 Å². The smallest absolute Gasteiger partial charge is 0.224 e. The monoisotopic (exact) mass is 311 g/mol. The van der Waals surface area contributed by atoms with Crippen molar-refractivity contribution in [1.82, 2.24) is 14.9 Å². The normalized spacial score (nSPS) is 18.9. The van der Waals surface area contributed by atoms with Gasteiger partial charge < -0.3 is 9.80 Å². The Bertz CT molecular complexity index is 611. The Morgan fingerprint density at radius 2 is 1.78 bits per heavy atom. The van der Waals surface area contributed by atoms with E-state index in [4.69, 9.17) is 0 Å². The standard InChI is InChI=1S/C18H25N5/c1-15-13-23(17-7-5-4-6-8-17)10-9-22(15)14-16-11-19-18(20-12-16)21(2)3/h4-8,11-12,15H,9-10,13-14H2,1-3H3/t15-/m1/s1. The molecule has 0 aliphatic carbocycles. The van der Waals surface area contributed by atoms with Crippen molar-refractivity contribution >= 4 is 11.6 Å². The average molecular weight is 311 g/mol. The topological polar surface area (TPSA) is 35.5 Å². The molecule has 1 saturated heterocycles. The summed E-state index contributed by atoms with van der Waals surface area (Å²) in [6.07, 6.45) is 3.89. The quantitative estimate of drug-likeness (QED) is 0.865. The highest BCUT2D eigenvalue weighted by Crippen LogP contribution is 2.20. The van der Waals surface area contributed by atoms with Crippen LogP contribution in [-0.2, 0) is 6.54 Å². The molecule has 122 valence electrons. The third-order valence-corrected chi connectivity index (χ3v) is 4.36. The molecule has 0 spiro atoms. The van der Waals surface area contributed by atoms with Gasteiger partial charge in [0.05, 0.1) is 0 Å². The number of rotatable bonds is 4. The molecule has 1 fully saturated rings. The second-order valence-electron chi connectivity index (χ2n) is 6.39. The van der Waals surface area contributed by atoms with E-state index in [9.17, 15) is 0 Å². The van der Waals surface area contributed by atoms with Crippen LogP contribution in [0.3, 0.4) is 0 Å². The molecule has 5 heteroatoms. The van der Waals surface area contributed by atoms with E-state index in [-0.39, 0.29) is 0 Å². The van der Waals surface area contributed by atoms with E-state index >= 15 is 0 Å². The Kier molecular flexibility index (Phi) is 4.76. The molecule has 2 aromatic rings. The molecule has 0 bridgehead atoms. The minimum atomic E-state index is 0.512. The summed E-state index contributed by atoms with van der Waals surface area (Å²) in [7, 11) is 3.92. The molecule has 0 N–H and O–H groups in total. The van der Waals surface area contributed by atoms with Crippen molar-refractivity contribution in [3.8, 4) is 0 Å². The predicted octanol–water partition coefficient (Wildman–Crippen LogP) is 2.25. The summed E-state index contributed by atoms with van der Waals surface area (Å²) in [5.41, 5.74) is 2.49. The molecule has 1 aromatic carbocycles. The maximum absolute atomic E-state index is 4.41. The minimum Gasteiger partial charge on any atom is -0.369 e. The van der Waals surface area contributed by atoms with Crippen LogP contribution in [0.4, 0.5) is 11.6 Å². The summed E-state index contributed by atoms with van der Waals surface area (Å²) in [6.45, 7) is 6.39. The first-order valence-electron chi connectivity index (χ1n) is 8.16. The summed E-state index contributed by atoms with van der Waals surface area (Å²) >= 11 is 0. The van der Waals surface area contributed by atoms with Gasteiger partial charge in [-0.05, 0) is 19.1 Å². The van der Waals surface area contributed by atoms with E-state index in [0.717, 1.165) is 32.1 Å². The van der Waals surface area contributed by atoms with E-state index in [1.165, 1.54) is 11.3 Å². The number of anilines is 2. The number of aromatic nitrogens is 2. The second-order valence-corrected chi connectivity index (χ2v) is 6.39. The van der Waals surface area contributed by atoms with E-state index in [1.807, 2.05) is 31.4 Å². The van der Waals surface area contributed by atoms with Crippen molar-refractivity contribution in [3.05, 3.63) is 48.3 Å². The fourth-order valence-electron chi connectivity index (χ4n) is 3.00. The van der Waals surface area contributed by atoms with Gasteiger partial charge in [0.15, 0.2) is 0 Å². The Balaban J connectivity index is 1.60. The van der Waals surface area contributed by atoms with Crippen molar-refractivity contribution in [1.29, 1.82) is 0 Å². The Labute approximate surface area is 138 Å². The number of hydrogen-bond acceptors (Lipinski definition) is 5. The zero-order valence-corrected chi connectivity index (χ0v) is 14.2. The van der Waals surface area contributed by atoms with Gasteiger partial charge in [0.2, 0.25) is 5.95 Å². The largest absolute Gasteiger partial charge is 0.369 e. The first kappa shape index (κ1) is 15.7. The Morgan fingerprint density at radius 1 is 1.09 bits per heavy atom. The van der Waals surface area contributed by atoms with Gasteiger partial charge in [0.25, 0.3) is 0 Å². The van der Waals surface area contributed by atoms with Crippen molar-refractivity contribution < 1.29 is 0 Å². The molecule has 0 saturated carbocycles. The van der Waals surface area contributed by atoms with Crippen LogP contribution in [0.15, 0.2) is 42.7 Å². The van der Waals surface area contributed by atoms with Crippen molar-refractivity contribution in [2.24, 2.45) is 0 Å². The molecule has 1 aromatic heterocycles. The lowest BCUT2D eigenvalue weighted by atomic mass is 10.1. The van der Waals surface area contributed by atoms with Crippen LogP contribution in [-0.4, -0.2) is 54.6 Å². The van der Waals surface area contributed by atoms with Gasteiger partial charge >= 0.3 is 0 Å². The number of para-hydroxylation sites is 1. The SMILES string of the molecule is C[C@@H]1CN(c2ccccc2)CCN1Cc1cnc(N(C)C)nc1. The maximum Gasteiger partial charge on any atom is 0.224 e. The van der Waals surface area contributed by atoms with Crippen molar-refractivity contribution in [2.45, 2.75) is 19.5 Å². The van der Waals surface area contributed by atoms with Gasteiger partial charge in [-0.15, -0.1) is 0 Å². The number of hydrogen-bond donors (Lipinski definition) is 0.